The molecule has 0 aliphatic rings. The molecule has 3 unspecified atom stereocenters. The number of aliphatic hydroxyl groups excluding tert-OH is 3. The molecule has 0 rings (SSSR count). The number of unbranched alkanes of at least 4 members (excludes halogenated alkanes) is 34. The summed E-state index contributed by atoms with van der Waals surface area (Å²) in [5, 5.41) is 33.4. The van der Waals surface area contributed by atoms with Crippen molar-refractivity contribution in [3.05, 3.63) is 60.8 Å². The molecule has 374 valence electrons. The van der Waals surface area contributed by atoms with E-state index in [0.717, 1.165) is 44.9 Å². The van der Waals surface area contributed by atoms with Crippen LogP contribution in [0.25, 0.3) is 0 Å². The second-order valence-corrected chi connectivity index (χ2v) is 19.2. The lowest BCUT2D eigenvalue weighted by atomic mass is 10.0. The van der Waals surface area contributed by atoms with Crippen molar-refractivity contribution < 1.29 is 20.1 Å². The fourth-order valence-corrected chi connectivity index (χ4v) is 8.46. The molecule has 5 heteroatoms. The summed E-state index contributed by atoms with van der Waals surface area (Å²) < 4.78 is 0. The molecule has 0 bridgehead atoms. The number of carbonyl (C=O) groups excluding carboxylic acids is 1. The van der Waals surface area contributed by atoms with Gasteiger partial charge in [0.2, 0.25) is 5.91 Å². The standard InChI is InChI=1S/C59H109NO4/c1-3-5-7-9-11-13-15-17-19-21-23-24-25-26-27-28-29-30-31-32-33-34-35-36-38-40-42-44-46-48-50-52-56(62)54-59(64)60-57(55-61)58(63)53-51-49-47-45-43-41-39-37-22-20-18-16-14-12-10-8-6-4-2/h22-24,26-27,37,43,45,51,53,56-58,61-63H,3-21,25,28-36,38-42,44,46-50,52,54-55H2,1-2H3,(H,60,64)/b24-23-,27-26-,37-22+,45-43+,53-51+. The van der Waals surface area contributed by atoms with Gasteiger partial charge in [-0.25, -0.2) is 0 Å². The summed E-state index contributed by atoms with van der Waals surface area (Å²) in [5.74, 6) is -0.328. The van der Waals surface area contributed by atoms with Gasteiger partial charge in [-0.2, -0.15) is 0 Å². The third kappa shape index (κ3) is 49.5. The van der Waals surface area contributed by atoms with E-state index in [1.807, 2.05) is 6.08 Å². The number of amides is 1. The zero-order valence-corrected chi connectivity index (χ0v) is 42.7. The molecule has 0 aromatic heterocycles. The average Bonchev–Trinajstić information content (AvgIpc) is 3.29. The molecular formula is C59H109NO4. The molecule has 5 nitrogen and oxygen atoms in total. The number of nitrogens with one attached hydrogen (secondary N) is 1. The Morgan fingerprint density at radius 2 is 0.719 bits per heavy atom. The summed E-state index contributed by atoms with van der Waals surface area (Å²) in [6, 6.07) is -0.770. The van der Waals surface area contributed by atoms with Crippen LogP contribution in [0.4, 0.5) is 0 Å². The number of carbonyl (C=O) groups is 1. The largest absolute Gasteiger partial charge is 0.394 e. The summed E-state index contributed by atoms with van der Waals surface area (Å²) in [4.78, 5) is 12.5. The smallest absolute Gasteiger partial charge is 0.222 e. The van der Waals surface area contributed by atoms with Gasteiger partial charge in [-0.1, -0.05) is 261 Å². The molecule has 0 aromatic rings. The molecule has 1 amide bonds. The minimum Gasteiger partial charge on any atom is -0.394 e. The first-order valence-corrected chi connectivity index (χ1v) is 28.1. The zero-order chi connectivity index (χ0) is 46.5. The van der Waals surface area contributed by atoms with Crippen LogP contribution in [0.3, 0.4) is 0 Å². The maximum Gasteiger partial charge on any atom is 0.222 e. The highest BCUT2D eigenvalue weighted by Gasteiger charge is 2.20. The van der Waals surface area contributed by atoms with Crippen LogP contribution in [0.1, 0.15) is 284 Å². The first-order chi connectivity index (χ1) is 31.5. The van der Waals surface area contributed by atoms with Gasteiger partial charge < -0.3 is 20.6 Å². The van der Waals surface area contributed by atoms with Gasteiger partial charge in [-0.3, -0.25) is 4.79 Å². The normalized spacial score (nSPS) is 13.8. The first kappa shape index (κ1) is 62.1. The van der Waals surface area contributed by atoms with Crippen molar-refractivity contribution in [1.29, 1.82) is 0 Å². The Morgan fingerprint density at radius 1 is 0.406 bits per heavy atom. The minimum absolute atomic E-state index is 0.00146. The van der Waals surface area contributed by atoms with E-state index in [9.17, 15) is 20.1 Å². The van der Waals surface area contributed by atoms with Gasteiger partial charge in [0, 0.05) is 0 Å². The van der Waals surface area contributed by atoms with Gasteiger partial charge in [0.15, 0.2) is 0 Å². The van der Waals surface area contributed by atoms with Crippen LogP contribution in [0.15, 0.2) is 60.8 Å². The minimum atomic E-state index is -0.962. The third-order valence-corrected chi connectivity index (χ3v) is 12.8. The maximum atomic E-state index is 12.5. The van der Waals surface area contributed by atoms with Gasteiger partial charge in [0.1, 0.15) is 0 Å². The van der Waals surface area contributed by atoms with E-state index in [4.69, 9.17) is 0 Å². The third-order valence-electron chi connectivity index (χ3n) is 12.8. The molecule has 0 saturated heterocycles. The summed E-state index contributed by atoms with van der Waals surface area (Å²) in [5.41, 5.74) is 0. The van der Waals surface area contributed by atoms with Gasteiger partial charge in [0.25, 0.3) is 0 Å². The van der Waals surface area contributed by atoms with E-state index in [2.05, 4.69) is 67.8 Å². The van der Waals surface area contributed by atoms with Crippen LogP contribution in [-0.4, -0.2) is 46.1 Å². The van der Waals surface area contributed by atoms with E-state index in [-0.39, 0.29) is 18.9 Å². The number of aliphatic hydroxyl groups is 3. The van der Waals surface area contributed by atoms with Gasteiger partial charge in [0.05, 0.1) is 31.3 Å². The Balaban J connectivity index is 3.60. The van der Waals surface area contributed by atoms with Crippen LogP contribution in [0, 0.1) is 0 Å². The lowest BCUT2D eigenvalue weighted by Gasteiger charge is -2.21. The SMILES string of the molecule is CCCCCCCCCC/C=C/CC/C=C/CC/C=C/C(O)C(CO)NC(=O)CC(O)CCCCCCCCCCCCCCCCC/C=C\C/C=C\CCCCCCCCCCC. The van der Waals surface area contributed by atoms with Crippen molar-refractivity contribution in [3.63, 3.8) is 0 Å². The second-order valence-electron chi connectivity index (χ2n) is 19.2. The highest BCUT2D eigenvalue weighted by molar-refractivity contribution is 5.76. The van der Waals surface area contributed by atoms with E-state index >= 15 is 0 Å². The molecule has 0 saturated carbocycles. The molecule has 64 heavy (non-hydrogen) atoms. The van der Waals surface area contributed by atoms with Crippen LogP contribution in [-0.2, 0) is 4.79 Å². The molecule has 4 N–H and O–H groups in total. The predicted octanol–water partition coefficient (Wildman–Crippen LogP) is 17.4. The van der Waals surface area contributed by atoms with Crippen molar-refractivity contribution >= 4 is 5.91 Å². The topological polar surface area (TPSA) is 89.8 Å². The zero-order valence-electron chi connectivity index (χ0n) is 42.7. The fourth-order valence-electron chi connectivity index (χ4n) is 8.46. The van der Waals surface area contributed by atoms with E-state index < -0.39 is 18.2 Å². The van der Waals surface area contributed by atoms with E-state index in [0.29, 0.717) is 6.42 Å². The highest BCUT2D eigenvalue weighted by atomic mass is 16.3. The van der Waals surface area contributed by atoms with Crippen LogP contribution < -0.4 is 5.32 Å². The lowest BCUT2D eigenvalue weighted by molar-refractivity contribution is -0.124. The molecule has 0 aromatic carbocycles. The number of allylic oxidation sites excluding steroid dienone is 9. The molecule has 0 fully saturated rings. The molecule has 0 heterocycles. The Bertz CT molecular complexity index is 1080. The average molecular weight is 897 g/mol. The Kier molecular flexibility index (Phi) is 52.0. The Labute approximate surface area is 399 Å². The van der Waals surface area contributed by atoms with Gasteiger partial charge in [-0.15, -0.1) is 0 Å². The second kappa shape index (κ2) is 53.7. The summed E-state index contributed by atoms with van der Waals surface area (Å²) in [7, 11) is 0. The van der Waals surface area contributed by atoms with Crippen LogP contribution >= 0.6 is 0 Å². The van der Waals surface area contributed by atoms with Crippen molar-refractivity contribution in [2.24, 2.45) is 0 Å². The molecule has 0 aliphatic heterocycles. The fraction of sp³-hybridized carbons (Fsp3) is 0.814. The van der Waals surface area contributed by atoms with Gasteiger partial charge >= 0.3 is 0 Å². The van der Waals surface area contributed by atoms with Crippen LogP contribution in [0.2, 0.25) is 0 Å². The summed E-state index contributed by atoms with van der Waals surface area (Å²) in [6.07, 6.45) is 72.7. The summed E-state index contributed by atoms with van der Waals surface area (Å²) in [6.45, 7) is 4.21. The first-order valence-electron chi connectivity index (χ1n) is 28.1. The Morgan fingerprint density at radius 3 is 1.09 bits per heavy atom. The number of hydrogen-bond donors (Lipinski definition) is 4. The molecule has 0 aliphatic carbocycles. The quantitative estimate of drug-likeness (QED) is 0.0362. The number of hydrogen-bond acceptors (Lipinski definition) is 4. The van der Waals surface area contributed by atoms with Crippen LogP contribution in [0.5, 0.6) is 0 Å². The van der Waals surface area contributed by atoms with E-state index in [1.54, 1.807) is 6.08 Å². The predicted molar refractivity (Wildman–Crippen MR) is 282 cm³/mol. The van der Waals surface area contributed by atoms with Crippen molar-refractivity contribution in [2.75, 3.05) is 6.61 Å². The lowest BCUT2D eigenvalue weighted by Crippen LogP contribution is -2.45. The van der Waals surface area contributed by atoms with Crippen molar-refractivity contribution in [2.45, 2.75) is 302 Å². The Hall–Kier alpha value is -1.95. The number of rotatable bonds is 51. The maximum absolute atomic E-state index is 12.5. The monoisotopic (exact) mass is 896 g/mol. The van der Waals surface area contributed by atoms with Gasteiger partial charge in [-0.05, 0) is 77.0 Å². The van der Waals surface area contributed by atoms with Crippen molar-refractivity contribution in [3.8, 4) is 0 Å². The van der Waals surface area contributed by atoms with Crippen molar-refractivity contribution in [1.82, 2.24) is 5.32 Å². The van der Waals surface area contributed by atoms with E-state index in [1.165, 1.54) is 212 Å². The molecule has 0 spiro atoms. The molecular weight excluding hydrogens is 787 g/mol. The molecule has 3 atom stereocenters. The summed E-state index contributed by atoms with van der Waals surface area (Å²) >= 11 is 0. The molecule has 0 radical (unpaired) electrons. The highest BCUT2D eigenvalue weighted by Crippen LogP contribution is 2.16.